The number of rotatable bonds is 5. The molecule has 0 aliphatic heterocycles. The second-order valence-electron chi connectivity index (χ2n) is 7.26. The van der Waals surface area contributed by atoms with Crippen molar-refractivity contribution in [2.45, 2.75) is 43.7 Å². The standard InChI is InChI=1S/C19H22N4O3S2/c1-11(12-6-8-13(9-7-12)28(20,25)26)23(2)10-16-21-18(24)17-14-4-3-5-15(14)27-19(17)22-16/h6-9,11H,3-5,10H2,1-2H3,(H2,20,25,26)(H,21,22,24). The van der Waals surface area contributed by atoms with Crippen LogP contribution in [0.1, 0.15) is 41.2 Å². The topological polar surface area (TPSA) is 109 Å². The fourth-order valence-electron chi connectivity index (χ4n) is 3.69. The van der Waals surface area contributed by atoms with Crippen molar-refractivity contribution in [3.05, 3.63) is 56.4 Å². The summed E-state index contributed by atoms with van der Waals surface area (Å²) in [4.78, 5) is 24.5. The van der Waals surface area contributed by atoms with Crippen molar-refractivity contribution in [2.75, 3.05) is 7.05 Å². The Morgan fingerprint density at radius 3 is 2.68 bits per heavy atom. The Balaban J connectivity index is 1.56. The minimum atomic E-state index is -3.70. The molecular formula is C19H22N4O3S2. The largest absolute Gasteiger partial charge is 0.309 e. The molecular weight excluding hydrogens is 396 g/mol. The van der Waals surface area contributed by atoms with Crippen LogP contribution < -0.4 is 10.7 Å². The van der Waals surface area contributed by atoms with Gasteiger partial charge in [-0.15, -0.1) is 11.3 Å². The second-order valence-corrected chi connectivity index (χ2v) is 9.90. The molecule has 1 aliphatic carbocycles. The lowest BCUT2D eigenvalue weighted by atomic mass is 10.1. The number of sulfonamides is 1. The summed E-state index contributed by atoms with van der Waals surface area (Å²) in [5, 5.41) is 5.91. The Hall–Kier alpha value is -2.07. The maximum atomic E-state index is 12.6. The van der Waals surface area contributed by atoms with Crippen LogP contribution in [0.3, 0.4) is 0 Å². The number of primary sulfonamides is 1. The van der Waals surface area contributed by atoms with Crippen LogP contribution in [0, 0.1) is 0 Å². The van der Waals surface area contributed by atoms with Gasteiger partial charge in [-0.3, -0.25) is 9.69 Å². The van der Waals surface area contributed by atoms with Gasteiger partial charge in [-0.2, -0.15) is 0 Å². The molecule has 0 spiro atoms. The molecule has 148 valence electrons. The number of nitrogens with one attached hydrogen (secondary N) is 1. The van der Waals surface area contributed by atoms with Gasteiger partial charge < -0.3 is 4.98 Å². The average molecular weight is 419 g/mol. The first kappa shape index (κ1) is 19.3. The van der Waals surface area contributed by atoms with E-state index >= 15 is 0 Å². The van der Waals surface area contributed by atoms with Crippen molar-refractivity contribution in [3.63, 3.8) is 0 Å². The van der Waals surface area contributed by atoms with E-state index in [2.05, 4.69) is 14.9 Å². The highest BCUT2D eigenvalue weighted by molar-refractivity contribution is 7.89. The SMILES string of the molecule is CC(c1ccc(S(N)(=O)=O)cc1)N(C)Cc1nc2sc3c(c2c(=O)[nH]1)CCC3. The van der Waals surface area contributed by atoms with Gasteiger partial charge in [0.2, 0.25) is 10.0 Å². The third kappa shape index (κ3) is 3.50. The minimum absolute atomic E-state index is 0.00358. The molecule has 1 aliphatic rings. The van der Waals surface area contributed by atoms with Gasteiger partial charge in [0, 0.05) is 10.9 Å². The van der Waals surface area contributed by atoms with Gasteiger partial charge in [-0.1, -0.05) is 12.1 Å². The van der Waals surface area contributed by atoms with E-state index in [4.69, 9.17) is 5.14 Å². The molecule has 0 bridgehead atoms. The molecule has 7 nitrogen and oxygen atoms in total. The Morgan fingerprint density at radius 2 is 2.00 bits per heavy atom. The maximum absolute atomic E-state index is 12.6. The Kier molecular flexibility index (Phi) is 4.86. The Bertz CT molecular complexity index is 1200. The van der Waals surface area contributed by atoms with E-state index in [-0.39, 0.29) is 16.5 Å². The summed E-state index contributed by atoms with van der Waals surface area (Å²) in [6.45, 7) is 2.49. The third-order valence-corrected chi connectivity index (χ3v) is 7.49. The first-order valence-electron chi connectivity index (χ1n) is 9.10. The van der Waals surface area contributed by atoms with E-state index in [1.54, 1.807) is 23.5 Å². The summed E-state index contributed by atoms with van der Waals surface area (Å²) in [5.74, 6) is 0.632. The number of nitrogens with zero attached hydrogens (tertiary/aromatic N) is 2. The Labute approximate surface area is 167 Å². The summed E-state index contributed by atoms with van der Waals surface area (Å²) in [6.07, 6.45) is 3.12. The molecule has 0 saturated carbocycles. The lowest BCUT2D eigenvalue weighted by Crippen LogP contribution is -2.25. The molecule has 2 aromatic heterocycles. The zero-order chi connectivity index (χ0) is 20.1. The van der Waals surface area contributed by atoms with Gasteiger partial charge in [-0.05, 0) is 56.5 Å². The predicted molar refractivity (Wildman–Crippen MR) is 110 cm³/mol. The van der Waals surface area contributed by atoms with Crippen LogP contribution in [0.25, 0.3) is 10.2 Å². The number of aromatic amines is 1. The summed E-state index contributed by atoms with van der Waals surface area (Å²) in [6, 6.07) is 6.53. The van der Waals surface area contributed by atoms with Crippen molar-refractivity contribution in [1.29, 1.82) is 0 Å². The fourth-order valence-corrected chi connectivity index (χ4v) is 5.48. The van der Waals surface area contributed by atoms with Crippen molar-refractivity contribution in [1.82, 2.24) is 14.9 Å². The highest BCUT2D eigenvalue weighted by atomic mass is 32.2. The zero-order valence-electron chi connectivity index (χ0n) is 15.7. The van der Waals surface area contributed by atoms with E-state index in [0.29, 0.717) is 12.4 Å². The molecule has 3 N–H and O–H groups in total. The fraction of sp³-hybridized carbons (Fsp3) is 0.368. The van der Waals surface area contributed by atoms with Crippen LogP contribution in [0.15, 0.2) is 34.0 Å². The van der Waals surface area contributed by atoms with E-state index in [0.717, 1.165) is 35.0 Å². The molecule has 2 heterocycles. The minimum Gasteiger partial charge on any atom is -0.309 e. The number of nitrogens with two attached hydrogens (primary N) is 1. The summed E-state index contributed by atoms with van der Waals surface area (Å²) < 4.78 is 22.8. The first-order chi connectivity index (χ1) is 13.2. The molecule has 4 rings (SSSR count). The van der Waals surface area contributed by atoms with E-state index < -0.39 is 10.0 Å². The van der Waals surface area contributed by atoms with Crippen LogP contribution in [0.4, 0.5) is 0 Å². The van der Waals surface area contributed by atoms with E-state index in [1.807, 2.05) is 14.0 Å². The van der Waals surface area contributed by atoms with Crippen molar-refractivity contribution >= 4 is 31.6 Å². The average Bonchev–Trinajstić information content (AvgIpc) is 3.21. The van der Waals surface area contributed by atoms with Gasteiger partial charge in [0.15, 0.2) is 0 Å². The second kappa shape index (κ2) is 7.07. The zero-order valence-corrected chi connectivity index (χ0v) is 17.4. The summed E-state index contributed by atoms with van der Waals surface area (Å²) >= 11 is 1.63. The van der Waals surface area contributed by atoms with Crippen molar-refractivity contribution in [2.24, 2.45) is 5.14 Å². The number of aromatic nitrogens is 2. The number of fused-ring (bicyclic) bond motifs is 3. The maximum Gasteiger partial charge on any atom is 0.259 e. The molecule has 0 saturated heterocycles. The Morgan fingerprint density at radius 1 is 1.29 bits per heavy atom. The molecule has 0 amide bonds. The number of benzene rings is 1. The van der Waals surface area contributed by atoms with E-state index in [9.17, 15) is 13.2 Å². The number of H-pyrrole nitrogens is 1. The van der Waals surface area contributed by atoms with Gasteiger partial charge in [0.1, 0.15) is 10.7 Å². The molecule has 1 unspecified atom stereocenters. The van der Waals surface area contributed by atoms with Gasteiger partial charge in [0.25, 0.3) is 5.56 Å². The molecule has 1 aromatic carbocycles. The summed E-state index contributed by atoms with van der Waals surface area (Å²) in [7, 11) is -1.76. The van der Waals surface area contributed by atoms with Crippen LogP contribution in [-0.4, -0.2) is 30.3 Å². The molecule has 0 radical (unpaired) electrons. The first-order valence-corrected chi connectivity index (χ1v) is 11.5. The highest BCUT2D eigenvalue weighted by Crippen LogP contribution is 2.34. The smallest absolute Gasteiger partial charge is 0.259 e. The molecule has 3 aromatic rings. The van der Waals surface area contributed by atoms with Gasteiger partial charge >= 0.3 is 0 Å². The van der Waals surface area contributed by atoms with Gasteiger partial charge in [0.05, 0.1) is 16.8 Å². The predicted octanol–water partition coefficient (Wildman–Crippen LogP) is 2.31. The monoisotopic (exact) mass is 418 g/mol. The van der Waals surface area contributed by atoms with Crippen molar-refractivity contribution in [3.8, 4) is 0 Å². The molecule has 1 atom stereocenters. The lowest BCUT2D eigenvalue weighted by molar-refractivity contribution is 0.247. The summed E-state index contributed by atoms with van der Waals surface area (Å²) in [5.41, 5.74) is 2.07. The lowest BCUT2D eigenvalue weighted by Gasteiger charge is -2.24. The van der Waals surface area contributed by atoms with Crippen molar-refractivity contribution < 1.29 is 8.42 Å². The van der Waals surface area contributed by atoms with Crippen LogP contribution in [-0.2, 0) is 29.4 Å². The number of hydrogen-bond acceptors (Lipinski definition) is 6. The third-order valence-electron chi connectivity index (χ3n) is 5.38. The van der Waals surface area contributed by atoms with Gasteiger partial charge in [-0.25, -0.2) is 18.5 Å². The molecule has 28 heavy (non-hydrogen) atoms. The van der Waals surface area contributed by atoms with Crippen LogP contribution in [0.2, 0.25) is 0 Å². The number of thiophene rings is 1. The number of aryl methyl sites for hydroxylation is 2. The number of hydrogen-bond donors (Lipinski definition) is 2. The quantitative estimate of drug-likeness (QED) is 0.661. The van der Waals surface area contributed by atoms with E-state index in [1.165, 1.54) is 22.6 Å². The molecule has 0 fully saturated rings. The van der Waals surface area contributed by atoms with Crippen LogP contribution in [0.5, 0.6) is 0 Å². The highest BCUT2D eigenvalue weighted by Gasteiger charge is 2.22. The molecule has 9 heteroatoms. The van der Waals surface area contributed by atoms with Crippen LogP contribution >= 0.6 is 11.3 Å². The normalized spacial score (nSPS) is 15.3.